The molecule has 1 N–H and O–H groups in total. The first kappa shape index (κ1) is 32.8. The molecule has 2 atom stereocenters. The van der Waals surface area contributed by atoms with Crippen LogP contribution in [0.15, 0.2) is 36.4 Å². The standard InChI is InChI=1S/C24H17Cl3F9NO2/c1-11(21(39)37-10-22(28,29)30)6-19(38)14-4-2-12(7-16(14)24(34,35)36)3-5-15(23(31,32)33)13-8-17(25)20(27)18(26)9-13/h2-5,7-9,11,15H,6,10H2,1H3,(H,37,39)/b5-3+/t11-,15?/m0/s1. The van der Waals surface area contributed by atoms with Crippen LogP contribution in [0.25, 0.3) is 6.08 Å². The molecule has 0 spiro atoms. The summed E-state index contributed by atoms with van der Waals surface area (Å²) in [4.78, 5) is 24.3. The number of alkyl halides is 9. The molecule has 0 saturated carbocycles. The summed E-state index contributed by atoms with van der Waals surface area (Å²) in [5.41, 5.74) is -3.19. The SMILES string of the molecule is C[C@@H](CC(=O)c1ccc(/C=C/C(c2cc(Cl)c(Cl)c(Cl)c2)C(F)(F)F)cc1C(F)(F)F)C(=O)NCC(F)(F)F. The van der Waals surface area contributed by atoms with Gasteiger partial charge in [-0.05, 0) is 29.3 Å². The summed E-state index contributed by atoms with van der Waals surface area (Å²) in [6, 6.07) is 3.92. The van der Waals surface area contributed by atoms with Crippen molar-refractivity contribution in [3.63, 3.8) is 0 Å². The minimum atomic E-state index is -5.13. The predicted molar refractivity (Wildman–Crippen MR) is 128 cm³/mol. The molecule has 2 rings (SSSR count). The molecule has 0 aliphatic carbocycles. The highest BCUT2D eigenvalue weighted by Gasteiger charge is 2.40. The second-order valence-corrected chi connectivity index (χ2v) is 9.53. The number of rotatable bonds is 8. The highest BCUT2D eigenvalue weighted by atomic mass is 35.5. The Morgan fingerprint density at radius 2 is 1.49 bits per heavy atom. The van der Waals surface area contributed by atoms with E-state index in [4.69, 9.17) is 34.8 Å². The van der Waals surface area contributed by atoms with Crippen molar-refractivity contribution in [2.75, 3.05) is 6.54 Å². The van der Waals surface area contributed by atoms with Gasteiger partial charge < -0.3 is 5.32 Å². The van der Waals surface area contributed by atoms with E-state index in [-0.39, 0.29) is 20.6 Å². The van der Waals surface area contributed by atoms with Gasteiger partial charge in [-0.25, -0.2) is 0 Å². The topological polar surface area (TPSA) is 46.2 Å². The number of hydrogen-bond acceptors (Lipinski definition) is 2. The molecule has 1 amide bonds. The van der Waals surface area contributed by atoms with Gasteiger partial charge in [0.15, 0.2) is 5.78 Å². The van der Waals surface area contributed by atoms with Crippen LogP contribution in [0.5, 0.6) is 0 Å². The number of hydrogen-bond donors (Lipinski definition) is 1. The molecule has 0 radical (unpaired) electrons. The number of ketones is 1. The molecule has 3 nitrogen and oxygen atoms in total. The molecule has 0 aliphatic rings. The molecule has 0 aliphatic heterocycles. The first-order valence-electron chi connectivity index (χ1n) is 10.7. The van der Waals surface area contributed by atoms with Crippen molar-refractivity contribution in [2.45, 2.75) is 37.8 Å². The van der Waals surface area contributed by atoms with Crippen molar-refractivity contribution in [1.82, 2.24) is 5.32 Å². The Labute approximate surface area is 230 Å². The zero-order valence-electron chi connectivity index (χ0n) is 19.5. The summed E-state index contributed by atoms with van der Waals surface area (Å²) in [5.74, 6) is -6.14. The lowest BCUT2D eigenvalue weighted by atomic mass is 9.93. The summed E-state index contributed by atoms with van der Waals surface area (Å²) < 4.78 is 119. The Hall–Kier alpha value is -2.44. The van der Waals surface area contributed by atoms with Crippen LogP contribution in [0.2, 0.25) is 15.1 Å². The number of amides is 1. The average molecular weight is 629 g/mol. The Kier molecular flexibility index (Phi) is 10.4. The maximum Gasteiger partial charge on any atom is 0.417 e. The predicted octanol–water partition coefficient (Wildman–Crippen LogP) is 8.91. The molecule has 0 fully saturated rings. The van der Waals surface area contributed by atoms with Crippen LogP contribution in [-0.2, 0) is 11.0 Å². The zero-order chi connectivity index (χ0) is 29.9. The van der Waals surface area contributed by atoms with Gasteiger partial charge in [0.2, 0.25) is 5.91 Å². The highest BCUT2D eigenvalue weighted by Crippen LogP contribution is 2.41. The summed E-state index contributed by atoms with van der Waals surface area (Å²) in [7, 11) is 0. The van der Waals surface area contributed by atoms with E-state index in [1.54, 1.807) is 0 Å². The Morgan fingerprint density at radius 3 is 1.97 bits per heavy atom. The van der Waals surface area contributed by atoms with E-state index >= 15 is 0 Å². The third kappa shape index (κ3) is 9.32. The number of allylic oxidation sites excluding steroid dienone is 1. The lowest BCUT2D eigenvalue weighted by Gasteiger charge is -2.19. The fraction of sp³-hybridized carbons (Fsp3) is 0.333. The highest BCUT2D eigenvalue weighted by molar-refractivity contribution is 6.48. The number of halogens is 12. The smallest absolute Gasteiger partial charge is 0.347 e. The molecule has 39 heavy (non-hydrogen) atoms. The summed E-state index contributed by atoms with van der Waals surface area (Å²) in [6.07, 6.45) is -14.3. The molecule has 1 unspecified atom stereocenters. The minimum Gasteiger partial charge on any atom is -0.347 e. The second kappa shape index (κ2) is 12.4. The quantitative estimate of drug-likeness (QED) is 0.180. The van der Waals surface area contributed by atoms with Gasteiger partial charge >= 0.3 is 18.5 Å². The van der Waals surface area contributed by atoms with Crippen molar-refractivity contribution in [3.05, 3.63) is 73.7 Å². The number of carbonyl (C=O) groups is 2. The normalized spacial score (nSPS) is 14.4. The molecular formula is C24H17Cl3F9NO2. The Morgan fingerprint density at radius 1 is 0.923 bits per heavy atom. The Bertz CT molecular complexity index is 1230. The molecule has 0 saturated heterocycles. The van der Waals surface area contributed by atoms with Gasteiger partial charge in [0, 0.05) is 17.9 Å². The zero-order valence-corrected chi connectivity index (χ0v) is 21.7. The number of carbonyl (C=O) groups excluding carboxylic acids is 2. The first-order chi connectivity index (χ1) is 17.7. The van der Waals surface area contributed by atoms with Gasteiger partial charge in [0.1, 0.15) is 6.54 Å². The Balaban J connectivity index is 2.37. The largest absolute Gasteiger partial charge is 0.417 e. The van der Waals surface area contributed by atoms with Gasteiger partial charge in [-0.1, -0.05) is 66.0 Å². The first-order valence-corrected chi connectivity index (χ1v) is 11.8. The molecule has 2 aromatic carbocycles. The molecule has 0 bridgehead atoms. The van der Waals surface area contributed by atoms with Crippen LogP contribution >= 0.6 is 34.8 Å². The minimum absolute atomic E-state index is 0.186. The molecule has 0 aromatic heterocycles. The van der Waals surface area contributed by atoms with Gasteiger partial charge in [-0.15, -0.1) is 0 Å². The summed E-state index contributed by atoms with van der Waals surface area (Å²) in [6.45, 7) is -0.632. The number of nitrogens with one attached hydrogen (secondary N) is 1. The summed E-state index contributed by atoms with van der Waals surface area (Å²) >= 11 is 17.4. The third-order valence-electron chi connectivity index (χ3n) is 5.25. The van der Waals surface area contributed by atoms with E-state index in [0.717, 1.165) is 31.2 Å². The fourth-order valence-corrected chi connectivity index (χ4v) is 3.97. The maximum absolute atomic E-state index is 13.7. The molecular weight excluding hydrogens is 612 g/mol. The third-order valence-corrected chi connectivity index (χ3v) is 6.45. The van der Waals surface area contributed by atoms with E-state index < -0.39 is 71.7 Å². The van der Waals surface area contributed by atoms with E-state index in [1.165, 1.54) is 5.32 Å². The number of benzene rings is 2. The van der Waals surface area contributed by atoms with Crippen molar-refractivity contribution in [2.24, 2.45) is 5.92 Å². The van der Waals surface area contributed by atoms with Gasteiger partial charge in [0.25, 0.3) is 0 Å². The second-order valence-electron chi connectivity index (χ2n) is 8.34. The lowest BCUT2D eigenvalue weighted by molar-refractivity contribution is -0.140. The van der Waals surface area contributed by atoms with Crippen LogP contribution in [0.3, 0.4) is 0 Å². The van der Waals surface area contributed by atoms with E-state index in [2.05, 4.69) is 0 Å². The van der Waals surface area contributed by atoms with Crippen molar-refractivity contribution in [3.8, 4) is 0 Å². The van der Waals surface area contributed by atoms with Crippen LogP contribution in [0.4, 0.5) is 39.5 Å². The lowest BCUT2D eigenvalue weighted by Crippen LogP contribution is -2.37. The van der Waals surface area contributed by atoms with Crippen LogP contribution < -0.4 is 5.32 Å². The van der Waals surface area contributed by atoms with E-state index in [0.29, 0.717) is 18.2 Å². The average Bonchev–Trinajstić information content (AvgIpc) is 2.78. The number of Topliss-reactive ketones (excluding diaryl/α,β-unsaturated/α-hetero) is 1. The van der Waals surface area contributed by atoms with Crippen LogP contribution in [0, 0.1) is 5.92 Å². The van der Waals surface area contributed by atoms with Gasteiger partial charge in [-0.2, -0.15) is 39.5 Å². The molecule has 2 aromatic rings. The van der Waals surface area contributed by atoms with E-state index in [1.807, 2.05) is 0 Å². The van der Waals surface area contributed by atoms with Crippen molar-refractivity contribution >= 4 is 52.6 Å². The molecule has 214 valence electrons. The fourth-order valence-electron chi connectivity index (χ4n) is 3.36. The van der Waals surface area contributed by atoms with Gasteiger partial charge in [-0.3, -0.25) is 9.59 Å². The van der Waals surface area contributed by atoms with Crippen molar-refractivity contribution in [1.29, 1.82) is 0 Å². The van der Waals surface area contributed by atoms with Gasteiger partial charge in [0.05, 0.1) is 26.5 Å². The molecule has 0 heterocycles. The monoisotopic (exact) mass is 627 g/mol. The summed E-state index contributed by atoms with van der Waals surface area (Å²) in [5, 5.41) is 0.801. The molecule has 15 heteroatoms. The van der Waals surface area contributed by atoms with Crippen LogP contribution in [0.1, 0.15) is 46.3 Å². The van der Waals surface area contributed by atoms with E-state index in [9.17, 15) is 49.1 Å². The maximum atomic E-state index is 13.7. The van der Waals surface area contributed by atoms with Crippen molar-refractivity contribution < 1.29 is 49.1 Å². The van der Waals surface area contributed by atoms with Crippen LogP contribution in [-0.4, -0.2) is 30.6 Å².